The first kappa shape index (κ1) is 13.5. The van der Waals surface area contributed by atoms with Crippen molar-refractivity contribution in [3.63, 3.8) is 0 Å². The van der Waals surface area contributed by atoms with Crippen LogP contribution in [0.1, 0.15) is 12.0 Å². The van der Waals surface area contributed by atoms with Gasteiger partial charge < -0.3 is 5.32 Å². The van der Waals surface area contributed by atoms with E-state index < -0.39 is 0 Å². The van der Waals surface area contributed by atoms with Gasteiger partial charge in [-0.1, -0.05) is 48.5 Å². The lowest BCUT2D eigenvalue weighted by atomic mass is 10.2. The molecule has 106 valence electrons. The van der Waals surface area contributed by atoms with Gasteiger partial charge in [0.1, 0.15) is 6.54 Å². The van der Waals surface area contributed by atoms with E-state index >= 15 is 0 Å². The van der Waals surface area contributed by atoms with E-state index in [1.54, 1.807) is 12.1 Å². The molecule has 2 amide bonds. The summed E-state index contributed by atoms with van der Waals surface area (Å²) < 4.78 is 0. The lowest BCUT2D eigenvalue weighted by Gasteiger charge is -2.13. The molecule has 4 nitrogen and oxygen atoms in total. The Balaban J connectivity index is 1.69. The molecule has 1 heterocycles. The Morgan fingerprint density at radius 1 is 0.952 bits per heavy atom. The molecular weight excluding hydrogens is 264 g/mol. The molecule has 1 unspecified atom stereocenters. The van der Waals surface area contributed by atoms with E-state index in [4.69, 9.17) is 0 Å². The minimum atomic E-state index is -0.321. The summed E-state index contributed by atoms with van der Waals surface area (Å²) in [6.45, 7) is 0.702. The molecule has 21 heavy (non-hydrogen) atoms. The summed E-state index contributed by atoms with van der Waals surface area (Å²) in [4.78, 5) is 25.8. The van der Waals surface area contributed by atoms with Crippen molar-refractivity contribution in [3.05, 3.63) is 66.2 Å². The first-order valence-corrected chi connectivity index (χ1v) is 7.05. The minimum Gasteiger partial charge on any atom is -0.332 e. The molecule has 0 spiro atoms. The third kappa shape index (κ3) is 2.85. The fourth-order valence-corrected chi connectivity index (χ4v) is 2.58. The topological polar surface area (TPSA) is 54.0 Å². The molecule has 0 bridgehead atoms. The molecule has 0 aromatic heterocycles. The normalized spacial score (nSPS) is 18.3. The van der Waals surface area contributed by atoms with Crippen molar-refractivity contribution < 1.29 is 14.9 Å². The van der Waals surface area contributed by atoms with Crippen LogP contribution < -0.4 is 10.2 Å². The Morgan fingerprint density at radius 2 is 1.57 bits per heavy atom. The SMILES string of the molecule is O=C1CC([NH2+]Cc2ccccc2)C(=O)N1c1ccccc1. The fourth-order valence-electron chi connectivity index (χ4n) is 2.58. The summed E-state index contributed by atoms with van der Waals surface area (Å²) in [7, 11) is 0. The largest absolute Gasteiger partial charge is 0.332 e. The van der Waals surface area contributed by atoms with Gasteiger partial charge in [-0.05, 0) is 12.1 Å². The van der Waals surface area contributed by atoms with Gasteiger partial charge in [0, 0.05) is 5.56 Å². The van der Waals surface area contributed by atoms with E-state index in [9.17, 15) is 9.59 Å². The van der Waals surface area contributed by atoms with Crippen LogP contribution in [-0.2, 0) is 16.1 Å². The zero-order valence-corrected chi connectivity index (χ0v) is 11.6. The number of nitrogens with two attached hydrogens (primary N) is 1. The Kier molecular flexibility index (Phi) is 3.79. The highest BCUT2D eigenvalue weighted by Crippen LogP contribution is 2.20. The molecule has 1 fully saturated rings. The van der Waals surface area contributed by atoms with Gasteiger partial charge in [-0.25, -0.2) is 4.90 Å². The van der Waals surface area contributed by atoms with Crippen LogP contribution in [0, 0.1) is 0 Å². The number of rotatable bonds is 4. The Hall–Kier alpha value is -2.46. The number of hydrogen-bond donors (Lipinski definition) is 1. The smallest absolute Gasteiger partial charge is 0.292 e. The zero-order valence-electron chi connectivity index (χ0n) is 11.6. The van der Waals surface area contributed by atoms with Crippen molar-refractivity contribution in [2.75, 3.05) is 4.90 Å². The average molecular weight is 281 g/mol. The van der Waals surface area contributed by atoms with Crippen LogP contribution in [-0.4, -0.2) is 17.9 Å². The predicted molar refractivity (Wildman–Crippen MR) is 79.4 cm³/mol. The number of para-hydroxylation sites is 1. The average Bonchev–Trinajstić information content (AvgIpc) is 2.81. The van der Waals surface area contributed by atoms with Gasteiger partial charge in [-0.3, -0.25) is 9.59 Å². The first-order chi connectivity index (χ1) is 10.3. The highest BCUT2D eigenvalue weighted by atomic mass is 16.2. The quantitative estimate of drug-likeness (QED) is 0.853. The maximum atomic E-state index is 12.4. The molecule has 4 heteroatoms. The van der Waals surface area contributed by atoms with Crippen molar-refractivity contribution in [3.8, 4) is 0 Å². The van der Waals surface area contributed by atoms with Crippen LogP contribution in [0.15, 0.2) is 60.7 Å². The van der Waals surface area contributed by atoms with E-state index in [1.807, 2.05) is 53.8 Å². The second kappa shape index (κ2) is 5.89. The van der Waals surface area contributed by atoms with Crippen molar-refractivity contribution in [1.29, 1.82) is 0 Å². The highest BCUT2D eigenvalue weighted by Gasteiger charge is 2.41. The Bertz CT molecular complexity index is 640. The fraction of sp³-hybridized carbons (Fsp3) is 0.176. The maximum absolute atomic E-state index is 12.4. The number of anilines is 1. The summed E-state index contributed by atoms with van der Waals surface area (Å²) in [5.41, 5.74) is 1.80. The molecular formula is C17H17N2O2+. The summed E-state index contributed by atoms with van der Waals surface area (Å²) in [6.07, 6.45) is 0.264. The van der Waals surface area contributed by atoms with Gasteiger partial charge in [-0.2, -0.15) is 0 Å². The number of carbonyl (C=O) groups is 2. The van der Waals surface area contributed by atoms with E-state index in [0.717, 1.165) is 5.56 Å². The first-order valence-electron chi connectivity index (χ1n) is 7.05. The molecule has 1 aliphatic heterocycles. The van der Waals surface area contributed by atoms with Crippen LogP contribution in [0.4, 0.5) is 5.69 Å². The molecule has 0 saturated carbocycles. The molecule has 1 saturated heterocycles. The van der Waals surface area contributed by atoms with Gasteiger partial charge in [-0.15, -0.1) is 0 Å². The second-order valence-electron chi connectivity index (χ2n) is 5.14. The van der Waals surface area contributed by atoms with Gasteiger partial charge in [0.05, 0.1) is 12.1 Å². The molecule has 1 aliphatic rings. The van der Waals surface area contributed by atoms with Gasteiger partial charge in [0.15, 0.2) is 6.04 Å². The molecule has 2 aromatic rings. The minimum absolute atomic E-state index is 0.123. The molecule has 3 rings (SSSR count). The summed E-state index contributed by atoms with van der Waals surface area (Å²) in [5.74, 6) is -0.248. The number of amides is 2. The summed E-state index contributed by atoms with van der Waals surface area (Å²) in [5, 5.41) is 1.94. The third-order valence-corrected chi connectivity index (χ3v) is 3.68. The number of carbonyl (C=O) groups excluding carboxylic acids is 2. The summed E-state index contributed by atoms with van der Waals surface area (Å²) in [6, 6.07) is 18.7. The lowest BCUT2D eigenvalue weighted by Crippen LogP contribution is -2.90. The van der Waals surface area contributed by atoms with Gasteiger partial charge >= 0.3 is 0 Å². The Morgan fingerprint density at radius 3 is 2.24 bits per heavy atom. The van der Waals surface area contributed by atoms with Gasteiger partial charge in [0.25, 0.3) is 5.91 Å². The predicted octanol–water partition coefficient (Wildman–Crippen LogP) is 1.08. The van der Waals surface area contributed by atoms with Crippen LogP contribution in [0.3, 0.4) is 0 Å². The van der Waals surface area contributed by atoms with Crippen molar-refractivity contribution in [2.45, 2.75) is 19.0 Å². The molecule has 1 atom stereocenters. The van der Waals surface area contributed by atoms with Crippen LogP contribution >= 0.6 is 0 Å². The van der Waals surface area contributed by atoms with Crippen molar-refractivity contribution in [2.24, 2.45) is 0 Å². The number of benzene rings is 2. The monoisotopic (exact) mass is 281 g/mol. The van der Waals surface area contributed by atoms with E-state index in [2.05, 4.69) is 0 Å². The van der Waals surface area contributed by atoms with Crippen LogP contribution in [0.25, 0.3) is 0 Å². The van der Waals surface area contributed by atoms with E-state index in [0.29, 0.717) is 12.2 Å². The molecule has 2 aromatic carbocycles. The van der Waals surface area contributed by atoms with Crippen molar-refractivity contribution in [1.82, 2.24) is 0 Å². The number of nitrogens with zero attached hydrogens (tertiary/aromatic N) is 1. The number of quaternary nitrogens is 1. The van der Waals surface area contributed by atoms with Gasteiger partial charge in [0.2, 0.25) is 5.91 Å². The van der Waals surface area contributed by atoms with Crippen molar-refractivity contribution >= 4 is 17.5 Å². The lowest BCUT2D eigenvalue weighted by molar-refractivity contribution is -0.690. The summed E-state index contributed by atoms with van der Waals surface area (Å²) >= 11 is 0. The van der Waals surface area contributed by atoms with Crippen LogP contribution in [0.2, 0.25) is 0 Å². The van der Waals surface area contributed by atoms with E-state index in [1.165, 1.54) is 4.90 Å². The molecule has 2 N–H and O–H groups in total. The highest BCUT2D eigenvalue weighted by molar-refractivity contribution is 6.21. The second-order valence-corrected chi connectivity index (χ2v) is 5.14. The number of imide groups is 1. The maximum Gasteiger partial charge on any atom is 0.292 e. The Labute approximate surface area is 123 Å². The third-order valence-electron chi connectivity index (χ3n) is 3.68. The standard InChI is InChI=1S/C17H16N2O2/c20-16-11-15(18-12-13-7-3-1-4-8-13)17(21)19(16)14-9-5-2-6-10-14/h1-10,15,18H,11-12H2/p+1. The molecule has 0 aliphatic carbocycles. The zero-order chi connectivity index (χ0) is 14.7. The molecule has 0 radical (unpaired) electrons. The number of hydrogen-bond acceptors (Lipinski definition) is 2. The van der Waals surface area contributed by atoms with E-state index in [-0.39, 0.29) is 24.3 Å². The van der Waals surface area contributed by atoms with Crippen LogP contribution in [0.5, 0.6) is 0 Å².